The number of halogens is 2. The number of thiazole rings is 1. The van der Waals surface area contributed by atoms with Gasteiger partial charge in [-0.25, -0.2) is 27.8 Å². The molecule has 0 saturated carbocycles. The number of methoxy groups -OCH3 is 2. The van der Waals surface area contributed by atoms with Gasteiger partial charge in [0.15, 0.2) is 16.7 Å². The number of hydrogen-bond acceptors (Lipinski definition) is 12. The Kier molecular flexibility index (Phi) is 12.1. The second-order valence-electron chi connectivity index (χ2n) is 11.6. The van der Waals surface area contributed by atoms with Crippen molar-refractivity contribution in [2.24, 2.45) is 0 Å². The van der Waals surface area contributed by atoms with E-state index in [1.807, 2.05) is 42.5 Å². The van der Waals surface area contributed by atoms with E-state index in [0.717, 1.165) is 16.1 Å². The number of anilines is 4. The molecule has 5 aromatic rings. The molecule has 1 aliphatic heterocycles. The number of para-hydroxylation sites is 1. The van der Waals surface area contributed by atoms with Crippen LogP contribution in [0.15, 0.2) is 79.0 Å². The maximum atomic E-state index is 15.2. The van der Waals surface area contributed by atoms with E-state index in [1.54, 1.807) is 44.7 Å². The first-order valence-electron chi connectivity index (χ1n) is 15.7. The highest BCUT2D eigenvalue weighted by atomic mass is 35.5. The monoisotopic (exact) mass is 740 g/mol. The van der Waals surface area contributed by atoms with Crippen LogP contribution in [0.4, 0.5) is 26.8 Å². The molecule has 50 heavy (non-hydrogen) atoms. The molecule has 3 aromatic carbocycles. The molecular formula is C35H38ClFN6O5S2. The molecular weight excluding hydrogens is 703 g/mol. The number of benzene rings is 3. The summed E-state index contributed by atoms with van der Waals surface area (Å²) in [5, 5.41) is 7.16. The van der Waals surface area contributed by atoms with Crippen LogP contribution in [0, 0.1) is 5.82 Å². The molecule has 1 fully saturated rings. The third-order valence-corrected chi connectivity index (χ3v) is 9.88. The zero-order valence-corrected chi connectivity index (χ0v) is 30.2. The predicted molar refractivity (Wildman–Crippen MR) is 198 cm³/mol. The molecule has 0 amide bonds. The van der Waals surface area contributed by atoms with Crippen molar-refractivity contribution in [2.75, 3.05) is 56.5 Å². The molecule has 2 N–H and O–H groups in total. The maximum absolute atomic E-state index is 15.2. The van der Waals surface area contributed by atoms with Gasteiger partial charge in [0.2, 0.25) is 5.95 Å². The summed E-state index contributed by atoms with van der Waals surface area (Å²) in [6, 6.07) is 21.8. The molecule has 1 saturated heterocycles. The number of nitrogens with zero attached hydrogens (tertiary/aromatic N) is 4. The Morgan fingerprint density at radius 1 is 0.920 bits per heavy atom. The Morgan fingerprint density at radius 3 is 2.30 bits per heavy atom. The van der Waals surface area contributed by atoms with E-state index in [0.29, 0.717) is 66.2 Å². The molecule has 0 unspecified atom stereocenters. The van der Waals surface area contributed by atoms with Gasteiger partial charge in [-0.2, -0.15) is 0 Å². The molecule has 0 aliphatic carbocycles. The van der Waals surface area contributed by atoms with Crippen molar-refractivity contribution < 1.29 is 27.0 Å². The van der Waals surface area contributed by atoms with Crippen molar-refractivity contribution in [3.8, 4) is 39.1 Å². The summed E-state index contributed by atoms with van der Waals surface area (Å²) in [5.74, 6) is 1.32. The fourth-order valence-corrected chi connectivity index (χ4v) is 6.97. The second-order valence-corrected chi connectivity index (χ2v) is 14.9. The number of ether oxygens (including phenoxy) is 3. The van der Waals surface area contributed by atoms with Crippen molar-refractivity contribution in [1.82, 2.24) is 19.9 Å². The summed E-state index contributed by atoms with van der Waals surface area (Å²) in [6.45, 7) is 1.90. The number of hydrogen-bond donors (Lipinski definition) is 2. The second kappa shape index (κ2) is 16.5. The highest BCUT2D eigenvalue weighted by molar-refractivity contribution is 7.90. The molecule has 0 atom stereocenters. The molecule has 0 spiro atoms. The van der Waals surface area contributed by atoms with Crippen molar-refractivity contribution in [2.45, 2.75) is 18.9 Å². The van der Waals surface area contributed by atoms with E-state index in [4.69, 9.17) is 24.2 Å². The van der Waals surface area contributed by atoms with Crippen LogP contribution in [0.2, 0.25) is 0 Å². The molecule has 6 rings (SSSR count). The van der Waals surface area contributed by atoms with Gasteiger partial charge in [0.05, 0.1) is 36.2 Å². The first-order chi connectivity index (χ1) is 23.7. The first kappa shape index (κ1) is 36.8. The zero-order valence-electron chi connectivity index (χ0n) is 27.8. The predicted octanol–water partition coefficient (Wildman–Crippen LogP) is 7.22. The van der Waals surface area contributed by atoms with Gasteiger partial charge in [0.1, 0.15) is 27.4 Å². The average Bonchev–Trinajstić information content (AvgIpc) is 3.53. The number of piperidine rings is 1. The van der Waals surface area contributed by atoms with Crippen LogP contribution >= 0.6 is 23.7 Å². The van der Waals surface area contributed by atoms with E-state index in [9.17, 15) is 8.42 Å². The lowest BCUT2D eigenvalue weighted by Crippen LogP contribution is -2.40. The minimum atomic E-state index is -3.01. The quantitative estimate of drug-likeness (QED) is 0.127. The summed E-state index contributed by atoms with van der Waals surface area (Å²) in [4.78, 5) is 17.0. The van der Waals surface area contributed by atoms with Crippen molar-refractivity contribution in [3.63, 3.8) is 0 Å². The van der Waals surface area contributed by atoms with Crippen LogP contribution in [0.1, 0.15) is 12.8 Å². The van der Waals surface area contributed by atoms with Gasteiger partial charge in [-0.05, 0) is 55.3 Å². The summed E-state index contributed by atoms with van der Waals surface area (Å²) < 4.78 is 55.2. The van der Waals surface area contributed by atoms with Crippen LogP contribution in [0.3, 0.4) is 0 Å². The molecule has 264 valence electrons. The van der Waals surface area contributed by atoms with Gasteiger partial charge in [-0.1, -0.05) is 29.5 Å². The minimum absolute atomic E-state index is 0. The van der Waals surface area contributed by atoms with Gasteiger partial charge in [-0.3, -0.25) is 0 Å². The van der Waals surface area contributed by atoms with E-state index < -0.39 is 15.7 Å². The number of aromatic nitrogens is 3. The Balaban J connectivity index is 0.00000486. The summed E-state index contributed by atoms with van der Waals surface area (Å²) in [5.41, 5.74) is 3.45. The van der Waals surface area contributed by atoms with E-state index >= 15 is 4.39 Å². The maximum Gasteiger partial charge on any atom is 0.227 e. The Hall–Kier alpha value is -4.50. The Morgan fingerprint density at radius 2 is 1.64 bits per heavy atom. The molecule has 3 heterocycles. The van der Waals surface area contributed by atoms with Gasteiger partial charge in [0.25, 0.3) is 0 Å². The number of rotatable bonds is 13. The van der Waals surface area contributed by atoms with Gasteiger partial charge in [0, 0.05) is 61.2 Å². The third kappa shape index (κ3) is 9.59. The van der Waals surface area contributed by atoms with Crippen LogP contribution in [-0.2, 0) is 9.84 Å². The van der Waals surface area contributed by atoms with Crippen LogP contribution < -0.4 is 24.8 Å². The number of sulfone groups is 1. The molecule has 0 bridgehead atoms. The summed E-state index contributed by atoms with van der Waals surface area (Å²) in [6.07, 6.45) is 4.11. The van der Waals surface area contributed by atoms with Crippen LogP contribution in [0.25, 0.3) is 21.8 Å². The smallest absolute Gasteiger partial charge is 0.227 e. The van der Waals surface area contributed by atoms with Crippen molar-refractivity contribution in [1.29, 1.82) is 0 Å². The van der Waals surface area contributed by atoms with Gasteiger partial charge < -0.3 is 29.7 Å². The van der Waals surface area contributed by atoms with Gasteiger partial charge >= 0.3 is 0 Å². The van der Waals surface area contributed by atoms with Crippen molar-refractivity contribution in [3.05, 3.63) is 84.8 Å². The fraction of sp³-hybridized carbons (Fsp3) is 0.286. The van der Waals surface area contributed by atoms with Crippen LogP contribution in [0.5, 0.6) is 17.2 Å². The average molecular weight is 741 g/mol. The minimum Gasteiger partial charge on any atom is -0.497 e. The standard InChI is InChI=1S/C35H37FN6O5S2.ClH/c1-45-27-19-23(20-28(22-27)46-2)32-33(48-35(41-32)39-24-7-5-4-6-8-24)30-11-14-37-34(40-30)38-25-9-10-31(29(36)21-25)47-26-12-15-42(16-13-26)17-18-49(3,43)44;/h4-11,14,19-22,26H,12-13,15-18H2,1-3H3,(H,39,41)(H,37,38,40);1H. The summed E-state index contributed by atoms with van der Waals surface area (Å²) >= 11 is 1.44. The highest BCUT2D eigenvalue weighted by Gasteiger charge is 2.23. The molecule has 15 heteroatoms. The molecule has 1 aliphatic rings. The van der Waals surface area contributed by atoms with Gasteiger partial charge in [-0.15, -0.1) is 12.4 Å². The number of likely N-dealkylation sites (tertiary alicyclic amines) is 1. The Labute approximate surface area is 301 Å². The largest absolute Gasteiger partial charge is 0.497 e. The van der Waals surface area contributed by atoms with E-state index in [2.05, 4.69) is 20.5 Å². The van der Waals surface area contributed by atoms with E-state index in [-0.39, 0.29) is 36.0 Å². The highest BCUT2D eigenvalue weighted by Crippen LogP contribution is 2.41. The lowest BCUT2D eigenvalue weighted by Gasteiger charge is -2.32. The number of nitrogens with one attached hydrogen (secondary N) is 2. The zero-order chi connectivity index (χ0) is 34.4. The Bertz CT molecular complexity index is 1990. The summed E-state index contributed by atoms with van der Waals surface area (Å²) in [7, 11) is 0.185. The van der Waals surface area contributed by atoms with E-state index in [1.165, 1.54) is 23.7 Å². The normalized spacial score (nSPS) is 13.7. The topological polar surface area (TPSA) is 128 Å². The van der Waals surface area contributed by atoms with Crippen molar-refractivity contribution >= 4 is 56.0 Å². The lowest BCUT2D eigenvalue weighted by molar-refractivity contribution is 0.100. The van der Waals surface area contributed by atoms with Crippen LogP contribution in [-0.4, -0.2) is 80.2 Å². The first-order valence-corrected chi connectivity index (χ1v) is 18.6. The SMILES string of the molecule is COc1cc(OC)cc(-c2nc(Nc3ccccc3)sc2-c2ccnc(Nc3ccc(OC4CCN(CCS(C)(=O)=O)CC4)c(F)c3)n2)c1.Cl. The molecule has 0 radical (unpaired) electrons. The molecule has 11 nitrogen and oxygen atoms in total. The lowest BCUT2D eigenvalue weighted by atomic mass is 10.1. The fourth-order valence-electron chi connectivity index (χ4n) is 5.41. The molecule has 2 aromatic heterocycles. The third-order valence-electron chi connectivity index (χ3n) is 7.96.